The molecule has 3 rings (SSSR count). The van der Waals surface area contributed by atoms with Crippen molar-refractivity contribution in [1.82, 2.24) is 9.88 Å². The number of methoxy groups -OCH3 is 1. The number of nitrogens with one attached hydrogen (secondary N) is 1. The van der Waals surface area contributed by atoms with Crippen molar-refractivity contribution in [2.75, 3.05) is 25.5 Å². The van der Waals surface area contributed by atoms with Crippen LogP contribution < -0.4 is 10.1 Å². The minimum absolute atomic E-state index is 0.123. The number of hydrogen-bond donors (Lipinski definition) is 2. The van der Waals surface area contributed by atoms with Crippen LogP contribution in [0.2, 0.25) is 0 Å². The molecule has 2 heterocycles. The lowest BCUT2D eigenvalue weighted by Crippen LogP contribution is -2.30. The summed E-state index contributed by atoms with van der Waals surface area (Å²) in [6, 6.07) is 7.81. The zero-order chi connectivity index (χ0) is 14.8. The van der Waals surface area contributed by atoms with Gasteiger partial charge < -0.3 is 20.1 Å². The van der Waals surface area contributed by atoms with Gasteiger partial charge in [0.15, 0.2) is 0 Å². The Bertz CT molecular complexity index is 674. The minimum Gasteiger partial charge on any atom is -0.494 e. The van der Waals surface area contributed by atoms with Crippen molar-refractivity contribution in [1.29, 1.82) is 0 Å². The lowest BCUT2D eigenvalue weighted by molar-refractivity contribution is 0.155. The van der Waals surface area contributed by atoms with E-state index in [0.717, 1.165) is 28.8 Å². The van der Waals surface area contributed by atoms with Crippen LogP contribution in [0.4, 0.5) is 10.5 Å². The number of likely N-dealkylation sites (tertiary alicyclic amines) is 1. The van der Waals surface area contributed by atoms with Crippen molar-refractivity contribution in [3.05, 3.63) is 30.5 Å². The van der Waals surface area contributed by atoms with Crippen LogP contribution in [0.15, 0.2) is 30.5 Å². The van der Waals surface area contributed by atoms with Gasteiger partial charge in [-0.25, -0.2) is 4.79 Å². The second kappa shape index (κ2) is 5.47. The summed E-state index contributed by atoms with van der Waals surface area (Å²) in [5.41, 5.74) is 1.76. The Morgan fingerprint density at radius 2 is 2.33 bits per heavy atom. The lowest BCUT2D eigenvalue weighted by Gasteiger charge is -2.17. The maximum Gasteiger partial charge on any atom is 0.407 e. The summed E-state index contributed by atoms with van der Waals surface area (Å²) in [6.07, 6.45) is 1.68. The molecule has 0 bridgehead atoms. The maximum absolute atomic E-state index is 11.0. The number of aromatic nitrogens is 1. The number of anilines is 1. The summed E-state index contributed by atoms with van der Waals surface area (Å²) >= 11 is 0. The van der Waals surface area contributed by atoms with E-state index in [1.165, 1.54) is 4.90 Å². The number of nitrogens with zero attached hydrogens (tertiary/aromatic N) is 2. The van der Waals surface area contributed by atoms with E-state index in [4.69, 9.17) is 9.84 Å². The number of ether oxygens (including phenoxy) is 1. The van der Waals surface area contributed by atoms with Gasteiger partial charge in [-0.2, -0.15) is 0 Å². The van der Waals surface area contributed by atoms with E-state index in [2.05, 4.69) is 10.3 Å². The number of fused-ring (bicyclic) bond motifs is 1. The molecular formula is C15H17N3O3. The third-order valence-corrected chi connectivity index (χ3v) is 3.77. The largest absolute Gasteiger partial charge is 0.494 e. The molecule has 1 aliphatic rings. The van der Waals surface area contributed by atoms with Gasteiger partial charge in [-0.3, -0.25) is 4.98 Å². The van der Waals surface area contributed by atoms with E-state index in [9.17, 15) is 4.79 Å². The molecular weight excluding hydrogens is 270 g/mol. The van der Waals surface area contributed by atoms with Crippen LogP contribution in [-0.2, 0) is 0 Å². The fourth-order valence-electron chi connectivity index (χ4n) is 2.71. The van der Waals surface area contributed by atoms with Crippen LogP contribution in [0.1, 0.15) is 6.42 Å². The monoisotopic (exact) mass is 287 g/mol. The molecule has 1 amide bonds. The van der Waals surface area contributed by atoms with Crippen LogP contribution in [0.5, 0.6) is 5.75 Å². The van der Waals surface area contributed by atoms with E-state index in [1.807, 2.05) is 24.3 Å². The smallest absolute Gasteiger partial charge is 0.407 e. The molecule has 1 aliphatic heterocycles. The average molecular weight is 287 g/mol. The van der Waals surface area contributed by atoms with Gasteiger partial charge >= 0.3 is 6.09 Å². The highest BCUT2D eigenvalue weighted by Gasteiger charge is 2.26. The quantitative estimate of drug-likeness (QED) is 0.906. The number of para-hydroxylation sites is 1. The first kappa shape index (κ1) is 13.5. The zero-order valence-corrected chi connectivity index (χ0v) is 11.7. The molecule has 6 heteroatoms. The molecule has 0 spiro atoms. The van der Waals surface area contributed by atoms with E-state index < -0.39 is 6.09 Å². The normalized spacial score (nSPS) is 18.0. The van der Waals surface area contributed by atoms with Crippen molar-refractivity contribution >= 4 is 22.7 Å². The molecule has 0 aliphatic carbocycles. The number of pyridine rings is 1. The second-order valence-electron chi connectivity index (χ2n) is 5.07. The molecule has 0 saturated carbocycles. The summed E-state index contributed by atoms with van der Waals surface area (Å²) in [7, 11) is 1.62. The maximum atomic E-state index is 11.0. The van der Waals surface area contributed by atoms with Gasteiger partial charge in [0.1, 0.15) is 11.3 Å². The first-order valence-electron chi connectivity index (χ1n) is 6.85. The number of benzene rings is 1. The third kappa shape index (κ3) is 2.56. The average Bonchev–Trinajstić information content (AvgIpc) is 2.96. The Morgan fingerprint density at radius 1 is 1.48 bits per heavy atom. The fourth-order valence-corrected chi connectivity index (χ4v) is 2.71. The summed E-state index contributed by atoms with van der Waals surface area (Å²) in [5.74, 6) is 0.731. The Kier molecular flexibility index (Phi) is 3.51. The first-order valence-corrected chi connectivity index (χ1v) is 6.85. The lowest BCUT2D eigenvalue weighted by atomic mass is 10.1. The fraction of sp³-hybridized carbons (Fsp3) is 0.333. The number of carboxylic acid groups (broad SMARTS) is 1. The highest BCUT2D eigenvalue weighted by Crippen LogP contribution is 2.29. The van der Waals surface area contributed by atoms with Crippen LogP contribution >= 0.6 is 0 Å². The molecule has 1 saturated heterocycles. The zero-order valence-electron chi connectivity index (χ0n) is 11.7. The van der Waals surface area contributed by atoms with Gasteiger partial charge in [0.2, 0.25) is 0 Å². The molecule has 6 nitrogen and oxygen atoms in total. The van der Waals surface area contributed by atoms with Gasteiger partial charge in [0.25, 0.3) is 0 Å². The molecule has 1 atom stereocenters. The van der Waals surface area contributed by atoms with E-state index in [0.29, 0.717) is 13.1 Å². The van der Waals surface area contributed by atoms with Crippen LogP contribution in [0, 0.1) is 0 Å². The molecule has 110 valence electrons. The Labute approximate surface area is 122 Å². The van der Waals surface area contributed by atoms with Crippen molar-refractivity contribution in [2.24, 2.45) is 0 Å². The molecule has 1 aromatic carbocycles. The SMILES string of the molecule is COc1cccc2c(NC3CCN(C(=O)O)C3)ccnc12. The second-order valence-corrected chi connectivity index (χ2v) is 5.07. The Morgan fingerprint density at radius 3 is 3.05 bits per heavy atom. The topological polar surface area (TPSA) is 74.7 Å². The van der Waals surface area contributed by atoms with Crippen LogP contribution in [0.25, 0.3) is 10.9 Å². The summed E-state index contributed by atoms with van der Waals surface area (Å²) in [5, 5.41) is 13.4. The highest BCUT2D eigenvalue weighted by molar-refractivity contribution is 5.94. The van der Waals surface area contributed by atoms with E-state index >= 15 is 0 Å². The molecule has 1 fully saturated rings. The molecule has 2 N–H and O–H groups in total. The Hall–Kier alpha value is -2.50. The van der Waals surface area contributed by atoms with Crippen molar-refractivity contribution < 1.29 is 14.6 Å². The van der Waals surface area contributed by atoms with Crippen LogP contribution in [0.3, 0.4) is 0 Å². The number of hydrogen-bond acceptors (Lipinski definition) is 4. The van der Waals surface area contributed by atoms with Gasteiger partial charge in [-0.1, -0.05) is 12.1 Å². The predicted molar refractivity (Wildman–Crippen MR) is 79.9 cm³/mol. The summed E-state index contributed by atoms with van der Waals surface area (Å²) in [6.45, 7) is 1.07. The molecule has 21 heavy (non-hydrogen) atoms. The van der Waals surface area contributed by atoms with Gasteiger partial charge in [0, 0.05) is 36.4 Å². The minimum atomic E-state index is -0.861. The molecule has 1 aromatic heterocycles. The van der Waals surface area contributed by atoms with Crippen molar-refractivity contribution in [2.45, 2.75) is 12.5 Å². The van der Waals surface area contributed by atoms with Gasteiger partial charge in [-0.15, -0.1) is 0 Å². The number of amides is 1. The van der Waals surface area contributed by atoms with E-state index in [1.54, 1.807) is 13.3 Å². The van der Waals surface area contributed by atoms with E-state index in [-0.39, 0.29) is 6.04 Å². The van der Waals surface area contributed by atoms with Crippen molar-refractivity contribution in [3.63, 3.8) is 0 Å². The third-order valence-electron chi connectivity index (χ3n) is 3.77. The molecule has 1 unspecified atom stereocenters. The van der Waals surface area contributed by atoms with Crippen molar-refractivity contribution in [3.8, 4) is 5.75 Å². The highest BCUT2D eigenvalue weighted by atomic mass is 16.5. The molecule has 0 radical (unpaired) electrons. The number of carbonyl (C=O) groups is 1. The standard InChI is InChI=1S/C15H17N3O3/c1-21-13-4-2-3-11-12(5-7-16-14(11)13)17-10-6-8-18(9-10)15(19)20/h2-5,7,10H,6,8-9H2,1H3,(H,16,17)(H,19,20). The summed E-state index contributed by atoms with van der Waals surface area (Å²) < 4.78 is 5.32. The Balaban J connectivity index is 1.86. The van der Waals surface area contributed by atoms with Crippen LogP contribution in [-0.4, -0.2) is 47.3 Å². The van der Waals surface area contributed by atoms with Gasteiger partial charge in [-0.05, 0) is 18.6 Å². The molecule has 2 aromatic rings. The van der Waals surface area contributed by atoms with Gasteiger partial charge in [0.05, 0.1) is 7.11 Å². The number of rotatable bonds is 3. The first-order chi connectivity index (χ1) is 10.2. The predicted octanol–water partition coefficient (Wildman–Crippen LogP) is 2.41. The summed E-state index contributed by atoms with van der Waals surface area (Å²) in [4.78, 5) is 16.8.